The molecular formula is C7H13NO3. The molecule has 1 aliphatic rings. The van der Waals surface area contributed by atoms with Gasteiger partial charge in [-0.05, 0) is 13.3 Å². The van der Waals surface area contributed by atoms with Gasteiger partial charge in [-0.25, -0.2) is 0 Å². The summed E-state index contributed by atoms with van der Waals surface area (Å²) < 4.78 is 0. The predicted molar refractivity (Wildman–Crippen MR) is 38.9 cm³/mol. The second-order valence-electron chi connectivity index (χ2n) is 2.90. The Morgan fingerprint density at radius 1 is 1.73 bits per heavy atom. The maximum Gasteiger partial charge on any atom is 0.251 e. The van der Waals surface area contributed by atoms with Gasteiger partial charge in [-0.2, -0.15) is 0 Å². The van der Waals surface area contributed by atoms with Crippen molar-refractivity contribution in [1.82, 2.24) is 4.90 Å². The largest absolute Gasteiger partial charge is 0.391 e. The van der Waals surface area contributed by atoms with E-state index >= 15 is 0 Å². The number of nitrogens with zero attached hydrogens (tertiary/aromatic N) is 1. The third-order valence-corrected chi connectivity index (χ3v) is 1.83. The lowest BCUT2D eigenvalue weighted by molar-refractivity contribution is -0.138. The van der Waals surface area contributed by atoms with Gasteiger partial charge in [-0.3, -0.25) is 4.79 Å². The van der Waals surface area contributed by atoms with Crippen LogP contribution in [0.1, 0.15) is 13.3 Å². The zero-order valence-corrected chi connectivity index (χ0v) is 6.53. The van der Waals surface area contributed by atoms with E-state index in [-0.39, 0.29) is 5.91 Å². The number of β-amino-alcohol motifs (C(OH)–C–C–N with tert-alkyl or cyclic N) is 1. The van der Waals surface area contributed by atoms with Gasteiger partial charge in [0.05, 0.1) is 6.10 Å². The minimum Gasteiger partial charge on any atom is -0.391 e. The minimum atomic E-state index is -0.944. The molecule has 0 aliphatic carbocycles. The minimum absolute atomic E-state index is 0.290. The smallest absolute Gasteiger partial charge is 0.251 e. The van der Waals surface area contributed by atoms with Crippen molar-refractivity contribution in [1.29, 1.82) is 0 Å². The lowest BCUT2D eigenvalue weighted by Crippen LogP contribution is -2.36. The molecule has 1 fully saturated rings. The van der Waals surface area contributed by atoms with Gasteiger partial charge in [-0.15, -0.1) is 0 Å². The molecule has 1 heterocycles. The molecule has 0 unspecified atom stereocenters. The SMILES string of the molecule is C[C@@H](O)C(=O)N1CC[C@@H](O)C1. The van der Waals surface area contributed by atoms with E-state index in [2.05, 4.69) is 0 Å². The zero-order valence-electron chi connectivity index (χ0n) is 6.53. The van der Waals surface area contributed by atoms with Gasteiger partial charge < -0.3 is 15.1 Å². The number of rotatable bonds is 1. The summed E-state index contributed by atoms with van der Waals surface area (Å²) >= 11 is 0. The molecule has 4 nitrogen and oxygen atoms in total. The van der Waals surface area contributed by atoms with Gasteiger partial charge in [0.2, 0.25) is 0 Å². The van der Waals surface area contributed by atoms with Crippen LogP contribution in [-0.4, -0.2) is 46.3 Å². The summed E-state index contributed by atoms with van der Waals surface area (Å²) in [5.74, 6) is -0.290. The Hall–Kier alpha value is -0.610. The van der Waals surface area contributed by atoms with E-state index in [0.717, 1.165) is 0 Å². The molecule has 64 valence electrons. The molecule has 1 saturated heterocycles. The maximum absolute atomic E-state index is 11.1. The summed E-state index contributed by atoms with van der Waals surface area (Å²) in [6.07, 6.45) is -0.726. The fourth-order valence-electron chi connectivity index (χ4n) is 1.21. The molecule has 0 aromatic heterocycles. The summed E-state index contributed by atoms with van der Waals surface area (Å²) in [5.41, 5.74) is 0. The maximum atomic E-state index is 11.1. The highest BCUT2D eigenvalue weighted by Gasteiger charge is 2.26. The summed E-state index contributed by atoms with van der Waals surface area (Å²) in [7, 11) is 0. The van der Waals surface area contributed by atoms with Crippen LogP contribution in [0.25, 0.3) is 0 Å². The molecule has 0 saturated carbocycles. The van der Waals surface area contributed by atoms with E-state index in [0.29, 0.717) is 19.5 Å². The van der Waals surface area contributed by atoms with Crippen LogP contribution in [0.3, 0.4) is 0 Å². The van der Waals surface area contributed by atoms with E-state index in [1.807, 2.05) is 0 Å². The van der Waals surface area contributed by atoms with Crippen molar-refractivity contribution in [2.45, 2.75) is 25.6 Å². The first-order valence-corrected chi connectivity index (χ1v) is 3.76. The summed E-state index contributed by atoms with van der Waals surface area (Å²) in [4.78, 5) is 12.5. The lowest BCUT2D eigenvalue weighted by atomic mass is 10.3. The van der Waals surface area contributed by atoms with Crippen molar-refractivity contribution in [2.24, 2.45) is 0 Å². The van der Waals surface area contributed by atoms with Crippen molar-refractivity contribution in [2.75, 3.05) is 13.1 Å². The highest BCUT2D eigenvalue weighted by Crippen LogP contribution is 2.09. The van der Waals surface area contributed by atoms with E-state index in [4.69, 9.17) is 10.2 Å². The second-order valence-corrected chi connectivity index (χ2v) is 2.90. The van der Waals surface area contributed by atoms with Gasteiger partial charge in [0.25, 0.3) is 5.91 Å². The number of carbonyl (C=O) groups is 1. The van der Waals surface area contributed by atoms with E-state index in [1.165, 1.54) is 11.8 Å². The van der Waals surface area contributed by atoms with Crippen LogP contribution in [0, 0.1) is 0 Å². The lowest BCUT2D eigenvalue weighted by Gasteiger charge is -2.16. The van der Waals surface area contributed by atoms with Crippen molar-refractivity contribution in [3.63, 3.8) is 0 Å². The molecule has 1 aliphatic heterocycles. The summed E-state index contributed by atoms with van der Waals surface area (Å²) in [6.45, 7) is 2.36. The third-order valence-electron chi connectivity index (χ3n) is 1.83. The van der Waals surface area contributed by atoms with Crippen molar-refractivity contribution in [3.8, 4) is 0 Å². The molecule has 11 heavy (non-hydrogen) atoms. The van der Waals surface area contributed by atoms with Gasteiger partial charge in [0.15, 0.2) is 0 Å². The van der Waals surface area contributed by atoms with Gasteiger partial charge >= 0.3 is 0 Å². The van der Waals surface area contributed by atoms with Crippen LogP contribution in [-0.2, 0) is 4.79 Å². The molecule has 0 aromatic carbocycles. The number of hydrogen-bond acceptors (Lipinski definition) is 3. The molecule has 1 amide bonds. The monoisotopic (exact) mass is 159 g/mol. The number of carbonyl (C=O) groups excluding carboxylic acids is 1. The van der Waals surface area contributed by atoms with Crippen LogP contribution in [0.15, 0.2) is 0 Å². The fraction of sp³-hybridized carbons (Fsp3) is 0.857. The first kappa shape index (κ1) is 8.49. The molecule has 2 N–H and O–H groups in total. The van der Waals surface area contributed by atoms with Gasteiger partial charge in [-0.1, -0.05) is 0 Å². The average Bonchev–Trinajstić information content (AvgIpc) is 2.34. The zero-order chi connectivity index (χ0) is 8.43. The number of likely N-dealkylation sites (tertiary alicyclic amines) is 1. The van der Waals surface area contributed by atoms with E-state index in [9.17, 15) is 4.79 Å². The van der Waals surface area contributed by atoms with Crippen LogP contribution in [0.5, 0.6) is 0 Å². The normalized spacial score (nSPS) is 27.2. The van der Waals surface area contributed by atoms with E-state index in [1.54, 1.807) is 0 Å². The molecule has 0 spiro atoms. The molecule has 2 atom stereocenters. The average molecular weight is 159 g/mol. The number of aliphatic hydroxyl groups is 2. The first-order valence-electron chi connectivity index (χ1n) is 3.76. The highest BCUT2D eigenvalue weighted by atomic mass is 16.3. The Morgan fingerprint density at radius 3 is 2.73 bits per heavy atom. The van der Waals surface area contributed by atoms with Crippen LogP contribution >= 0.6 is 0 Å². The molecular weight excluding hydrogens is 146 g/mol. The molecule has 0 bridgehead atoms. The molecule has 1 rings (SSSR count). The number of aliphatic hydroxyl groups excluding tert-OH is 2. The van der Waals surface area contributed by atoms with Crippen LogP contribution in [0.4, 0.5) is 0 Å². The Labute approximate surface area is 65.4 Å². The van der Waals surface area contributed by atoms with Crippen molar-refractivity contribution in [3.05, 3.63) is 0 Å². The first-order chi connectivity index (χ1) is 5.11. The van der Waals surface area contributed by atoms with Crippen molar-refractivity contribution >= 4 is 5.91 Å². The topological polar surface area (TPSA) is 60.8 Å². The number of hydrogen-bond donors (Lipinski definition) is 2. The molecule has 0 radical (unpaired) electrons. The standard InChI is InChI=1S/C7H13NO3/c1-5(9)7(11)8-3-2-6(10)4-8/h5-6,9-10H,2-4H2,1H3/t5-,6-/m1/s1. The highest BCUT2D eigenvalue weighted by molar-refractivity contribution is 5.80. The van der Waals surface area contributed by atoms with Gasteiger partial charge in [0, 0.05) is 13.1 Å². The Morgan fingerprint density at radius 2 is 2.36 bits per heavy atom. The Balaban J connectivity index is 2.43. The fourth-order valence-corrected chi connectivity index (χ4v) is 1.21. The predicted octanol–water partition coefficient (Wildman–Crippen LogP) is -1.04. The molecule has 0 aromatic rings. The second kappa shape index (κ2) is 3.19. The van der Waals surface area contributed by atoms with Crippen LogP contribution < -0.4 is 0 Å². The van der Waals surface area contributed by atoms with E-state index < -0.39 is 12.2 Å². The Kier molecular flexibility index (Phi) is 2.46. The summed E-state index contributed by atoms with van der Waals surface area (Å²) in [6, 6.07) is 0. The quantitative estimate of drug-likeness (QED) is 0.514. The van der Waals surface area contributed by atoms with Crippen LogP contribution in [0.2, 0.25) is 0 Å². The summed E-state index contributed by atoms with van der Waals surface area (Å²) in [5, 5.41) is 17.9. The number of amides is 1. The Bertz CT molecular complexity index is 158. The third kappa shape index (κ3) is 1.91. The van der Waals surface area contributed by atoms with Gasteiger partial charge in [0.1, 0.15) is 6.10 Å². The molecule has 4 heteroatoms. The van der Waals surface area contributed by atoms with Crippen molar-refractivity contribution < 1.29 is 15.0 Å².